The number of hydrogen-bond acceptors (Lipinski definition) is 3. The highest BCUT2D eigenvalue weighted by Gasteiger charge is 2.16. The summed E-state index contributed by atoms with van der Waals surface area (Å²) in [4.78, 5) is 18.2. The van der Waals surface area contributed by atoms with Gasteiger partial charge in [0.1, 0.15) is 6.61 Å². The van der Waals surface area contributed by atoms with E-state index < -0.39 is 0 Å². The number of nitrogens with zero attached hydrogens (tertiary/aromatic N) is 3. The predicted octanol–water partition coefficient (Wildman–Crippen LogP) is 2.22. The lowest BCUT2D eigenvalue weighted by Gasteiger charge is -2.13. The summed E-state index contributed by atoms with van der Waals surface area (Å²) in [5, 5.41) is 0. The second-order valence-electron chi connectivity index (χ2n) is 4.87. The molecule has 0 atom stereocenters. The van der Waals surface area contributed by atoms with Crippen molar-refractivity contribution in [3.63, 3.8) is 0 Å². The Bertz CT molecular complexity index is 671. The number of carbonyl (C=O) groups excluding carboxylic acids is 1. The highest BCUT2D eigenvalue weighted by atomic mass is 16.5. The average Bonchev–Trinajstić information content (AvgIpc) is 2.71. The van der Waals surface area contributed by atoms with Gasteiger partial charge in [-0.05, 0) is 19.9 Å². The fourth-order valence-corrected chi connectivity index (χ4v) is 1.97. The summed E-state index contributed by atoms with van der Waals surface area (Å²) in [7, 11) is 3.45. The molecule has 0 aromatic carbocycles. The number of ether oxygens (including phenoxy) is 1. The molecule has 2 rings (SSSR count). The summed E-state index contributed by atoms with van der Waals surface area (Å²) in [6.45, 7) is 7.92. The molecule has 0 aliphatic carbocycles. The molecule has 1 amide bonds. The number of pyridine rings is 1. The van der Waals surface area contributed by atoms with Crippen LogP contribution >= 0.6 is 0 Å². The summed E-state index contributed by atoms with van der Waals surface area (Å²) < 4.78 is 7.53. The van der Waals surface area contributed by atoms with Gasteiger partial charge >= 0.3 is 0 Å². The van der Waals surface area contributed by atoms with Crippen molar-refractivity contribution in [1.29, 1.82) is 0 Å². The SMILES string of the molecule is C=CCOc1cc(C(=O)N(C)C)cn2c(C)c(C)nc12. The third kappa shape index (κ3) is 2.39. The van der Waals surface area contributed by atoms with Gasteiger partial charge in [0.15, 0.2) is 11.4 Å². The number of aromatic nitrogens is 2. The molecule has 0 fully saturated rings. The summed E-state index contributed by atoms with van der Waals surface area (Å²) in [6.07, 6.45) is 3.47. The number of rotatable bonds is 4. The molecule has 2 heterocycles. The molecule has 0 saturated carbocycles. The fraction of sp³-hybridized carbons (Fsp3) is 0.333. The van der Waals surface area contributed by atoms with Gasteiger partial charge in [-0.15, -0.1) is 0 Å². The summed E-state index contributed by atoms with van der Waals surface area (Å²) in [6, 6.07) is 1.73. The topological polar surface area (TPSA) is 46.8 Å². The van der Waals surface area contributed by atoms with Gasteiger partial charge in [-0.2, -0.15) is 0 Å². The molecule has 20 heavy (non-hydrogen) atoms. The molecule has 2 aromatic heterocycles. The molecule has 5 nitrogen and oxygen atoms in total. The molecular weight excluding hydrogens is 254 g/mol. The van der Waals surface area contributed by atoms with Gasteiger partial charge in [0.2, 0.25) is 0 Å². The Hall–Kier alpha value is -2.30. The lowest BCUT2D eigenvalue weighted by molar-refractivity contribution is 0.0826. The van der Waals surface area contributed by atoms with Crippen LogP contribution in [-0.4, -0.2) is 40.9 Å². The highest BCUT2D eigenvalue weighted by Crippen LogP contribution is 2.24. The fourth-order valence-electron chi connectivity index (χ4n) is 1.97. The minimum absolute atomic E-state index is 0.0684. The first-order valence-corrected chi connectivity index (χ1v) is 6.40. The second kappa shape index (κ2) is 5.36. The van der Waals surface area contributed by atoms with Gasteiger partial charge in [0, 0.05) is 26.0 Å². The first-order valence-electron chi connectivity index (χ1n) is 6.40. The van der Waals surface area contributed by atoms with Crippen molar-refractivity contribution >= 4 is 11.6 Å². The van der Waals surface area contributed by atoms with Gasteiger partial charge in [-0.25, -0.2) is 4.98 Å². The first kappa shape index (κ1) is 14.1. The van der Waals surface area contributed by atoms with Crippen LogP contribution in [0.15, 0.2) is 24.9 Å². The molecule has 2 aromatic rings. The second-order valence-corrected chi connectivity index (χ2v) is 4.87. The first-order chi connectivity index (χ1) is 9.45. The maximum absolute atomic E-state index is 12.1. The number of aryl methyl sites for hydroxylation is 2. The third-order valence-corrected chi connectivity index (χ3v) is 3.17. The molecule has 0 N–H and O–H groups in total. The number of carbonyl (C=O) groups is 1. The number of amides is 1. The maximum atomic E-state index is 12.1. The molecular formula is C15H19N3O2. The van der Waals surface area contributed by atoms with E-state index >= 15 is 0 Å². The molecule has 5 heteroatoms. The van der Waals surface area contributed by atoms with E-state index in [1.54, 1.807) is 32.4 Å². The largest absolute Gasteiger partial charge is 0.486 e. The zero-order valence-corrected chi connectivity index (χ0v) is 12.3. The van der Waals surface area contributed by atoms with Crippen LogP contribution in [0.25, 0.3) is 5.65 Å². The molecule has 106 valence electrons. The molecule has 0 aliphatic rings. The standard InChI is InChI=1S/C15H19N3O2/c1-6-7-20-13-8-12(15(19)17(4)5)9-18-11(3)10(2)16-14(13)18/h6,8-9H,1,7H2,2-5H3. The molecule has 0 radical (unpaired) electrons. The molecule has 0 bridgehead atoms. The van der Waals surface area contributed by atoms with Gasteiger partial charge in [-0.1, -0.05) is 12.7 Å². The normalized spacial score (nSPS) is 10.6. The number of hydrogen-bond donors (Lipinski definition) is 0. The van der Waals surface area contributed by atoms with Crippen LogP contribution in [0.2, 0.25) is 0 Å². The van der Waals surface area contributed by atoms with Crippen molar-refractivity contribution in [2.75, 3.05) is 20.7 Å². The molecule has 0 saturated heterocycles. The zero-order chi connectivity index (χ0) is 14.9. The highest BCUT2D eigenvalue weighted by molar-refractivity contribution is 5.94. The Morgan fingerprint density at radius 1 is 1.50 bits per heavy atom. The van der Waals surface area contributed by atoms with Crippen LogP contribution in [0.3, 0.4) is 0 Å². The molecule has 0 spiro atoms. The van der Waals surface area contributed by atoms with Crippen molar-refractivity contribution in [3.8, 4) is 5.75 Å². The van der Waals surface area contributed by atoms with E-state index in [1.807, 2.05) is 18.2 Å². The van der Waals surface area contributed by atoms with Crippen LogP contribution in [0.4, 0.5) is 0 Å². The van der Waals surface area contributed by atoms with Gasteiger partial charge in [0.25, 0.3) is 5.91 Å². The van der Waals surface area contributed by atoms with E-state index in [0.717, 1.165) is 17.0 Å². The smallest absolute Gasteiger partial charge is 0.254 e. The van der Waals surface area contributed by atoms with E-state index in [2.05, 4.69) is 11.6 Å². The van der Waals surface area contributed by atoms with E-state index in [0.29, 0.717) is 17.9 Å². The Morgan fingerprint density at radius 3 is 2.80 bits per heavy atom. The van der Waals surface area contributed by atoms with Crippen molar-refractivity contribution in [1.82, 2.24) is 14.3 Å². The Morgan fingerprint density at radius 2 is 2.20 bits per heavy atom. The minimum Gasteiger partial charge on any atom is -0.486 e. The van der Waals surface area contributed by atoms with Crippen molar-refractivity contribution < 1.29 is 9.53 Å². The van der Waals surface area contributed by atoms with Crippen molar-refractivity contribution in [3.05, 3.63) is 41.9 Å². The Balaban J connectivity index is 2.64. The lowest BCUT2D eigenvalue weighted by Crippen LogP contribution is -2.22. The summed E-state index contributed by atoms with van der Waals surface area (Å²) >= 11 is 0. The van der Waals surface area contributed by atoms with E-state index in [9.17, 15) is 4.79 Å². The average molecular weight is 273 g/mol. The monoisotopic (exact) mass is 273 g/mol. The quantitative estimate of drug-likeness (QED) is 0.802. The zero-order valence-electron chi connectivity index (χ0n) is 12.3. The van der Waals surface area contributed by atoms with Crippen molar-refractivity contribution in [2.24, 2.45) is 0 Å². The molecule has 0 unspecified atom stereocenters. The Kier molecular flexibility index (Phi) is 3.79. The summed E-state index contributed by atoms with van der Waals surface area (Å²) in [5.74, 6) is 0.523. The Labute approximate surface area is 118 Å². The van der Waals surface area contributed by atoms with E-state index in [1.165, 1.54) is 4.90 Å². The van der Waals surface area contributed by atoms with Gasteiger partial charge < -0.3 is 14.0 Å². The van der Waals surface area contributed by atoms with Crippen LogP contribution in [0.1, 0.15) is 21.7 Å². The van der Waals surface area contributed by atoms with Crippen LogP contribution in [-0.2, 0) is 0 Å². The van der Waals surface area contributed by atoms with Gasteiger partial charge in [0.05, 0.1) is 11.3 Å². The van der Waals surface area contributed by atoms with Crippen LogP contribution in [0, 0.1) is 13.8 Å². The van der Waals surface area contributed by atoms with Crippen molar-refractivity contribution in [2.45, 2.75) is 13.8 Å². The van der Waals surface area contributed by atoms with E-state index in [4.69, 9.17) is 4.74 Å². The van der Waals surface area contributed by atoms with Crippen LogP contribution in [0.5, 0.6) is 5.75 Å². The van der Waals surface area contributed by atoms with E-state index in [-0.39, 0.29) is 5.91 Å². The molecule has 0 aliphatic heterocycles. The maximum Gasteiger partial charge on any atom is 0.254 e. The minimum atomic E-state index is -0.0684. The summed E-state index contributed by atoms with van der Waals surface area (Å²) in [5.41, 5.74) is 3.21. The third-order valence-electron chi connectivity index (χ3n) is 3.17. The predicted molar refractivity (Wildman–Crippen MR) is 78.4 cm³/mol. The van der Waals surface area contributed by atoms with Crippen LogP contribution < -0.4 is 4.74 Å². The van der Waals surface area contributed by atoms with Gasteiger partial charge in [-0.3, -0.25) is 4.79 Å². The number of imidazole rings is 1. The lowest BCUT2D eigenvalue weighted by atomic mass is 10.2. The number of fused-ring (bicyclic) bond motifs is 1.